The van der Waals surface area contributed by atoms with E-state index in [1.807, 2.05) is 12.1 Å². The topological polar surface area (TPSA) is 74.6 Å². The lowest BCUT2D eigenvalue weighted by molar-refractivity contribution is -0.115. The Labute approximate surface area is 181 Å². The highest BCUT2D eigenvalue weighted by Gasteiger charge is 2.28. The molecule has 0 saturated carbocycles. The molecule has 0 bridgehead atoms. The van der Waals surface area contributed by atoms with E-state index in [2.05, 4.69) is 40.5 Å². The molecule has 6 heteroatoms. The number of hydrogen-bond acceptors (Lipinski definition) is 4. The average molecular weight is 413 g/mol. The highest BCUT2D eigenvalue weighted by Crippen LogP contribution is 2.33. The van der Waals surface area contributed by atoms with Crippen molar-refractivity contribution in [3.63, 3.8) is 0 Å². The lowest BCUT2D eigenvalue weighted by atomic mass is 10.1. The summed E-state index contributed by atoms with van der Waals surface area (Å²) in [5.41, 5.74) is 4.13. The number of hydrogen-bond donors (Lipinski definition) is 2. The average Bonchev–Trinajstić information content (AvgIpc) is 3.37. The Morgan fingerprint density at radius 2 is 2.03 bits per heavy atom. The molecule has 2 heterocycles. The first-order valence-electron chi connectivity index (χ1n) is 10.1. The molecule has 2 aromatic carbocycles. The number of carbonyl (C=O) groups is 2. The van der Waals surface area contributed by atoms with Gasteiger partial charge in [0.15, 0.2) is 0 Å². The van der Waals surface area contributed by atoms with Crippen LogP contribution in [0.1, 0.15) is 34.2 Å². The maximum absolute atomic E-state index is 12.7. The molecule has 1 aliphatic rings. The molecular formula is C25H23N3O3. The molecule has 156 valence electrons. The number of carbonyl (C=O) groups excluding carboxylic acids is 2. The Kier molecular flexibility index (Phi) is 5.76. The number of furan rings is 1. The van der Waals surface area contributed by atoms with E-state index in [1.54, 1.807) is 30.3 Å². The minimum atomic E-state index is -0.351. The quantitative estimate of drug-likeness (QED) is 0.606. The molecule has 2 amide bonds. The fourth-order valence-electron chi connectivity index (χ4n) is 3.84. The smallest absolute Gasteiger partial charge is 0.255 e. The Hall–Kier alpha value is -3.98. The molecule has 0 radical (unpaired) electrons. The summed E-state index contributed by atoms with van der Waals surface area (Å²) in [6.45, 7) is 2.48. The minimum Gasteiger partial charge on any atom is -0.467 e. The summed E-state index contributed by atoms with van der Waals surface area (Å²) in [6, 6.07) is 17.2. The van der Waals surface area contributed by atoms with Crippen LogP contribution in [0.25, 0.3) is 0 Å². The number of terminal acetylenes is 1. The van der Waals surface area contributed by atoms with E-state index in [4.69, 9.17) is 10.8 Å². The molecule has 6 nitrogen and oxygen atoms in total. The summed E-state index contributed by atoms with van der Waals surface area (Å²) < 4.78 is 5.62. The summed E-state index contributed by atoms with van der Waals surface area (Å²) in [5, 5.41) is 5.39. The number of nitrogens with one attached hydrogen (secondary N) is 2. The van der Waals surface area contributed by atoms with Crippen LogP contribution in [0.3, 0.4) is 0 Å². The Balaban J connectivity index is 1.38. The van der Waals surface area contributed by atoms with E-state index in [1.165, 1.54) is 11.8 Å². The van der Waals surface area contributed by atoms with Gasteiger partial charge in [0, 0.05) is 23.0 Å². The normalized spacial score (nSPS) is 14.6. The van der Waals surface area contributed by atoms with Crippen LogP contribution in [0.2, 0.25) is 0 Å². The molecule has 0 aliphatic carbocycles. The second kappa shape index (κ2) is 8.80. The minimum absolute atomic E-state index is 0.160. The monoisotopic (exact) mass is 413 g/mol. The number of fused-ring (bicyclic) bond motifs is 1. The maximum atomic E-state index is 12.7. The molecule has 2 N–H and O–H groups in total. The van der Waals surface area contributed by atoms with E-state index < -0.39 is 0 Å². The molecule has 1 unspecified atom stereocenters. The summed E-state index contributed by atoms with van der Waals surface area (Å²) in [5.74, 6) is 2.40. The van der Waals surface area contributed by atoms with Gasteiger partial charge in [-0.15, -0.1) is 6.42 Å². The first-order valence-corrected chi connectivity index (χ1v) is 10.1. The second-order valence-corrected chi connectivity index (χ2v) is 7.52. The predicted octanol–water partition coefficient (Wildman–Crippen LogP) is 3.58. The van der Waals surface area contributed by atoms with Crippen molar-refractivity contribution in [1.29, 1.82) is 0 Å². The Bertz CT molecular complexity index is 1160. The summed E-state index contributed by atoms with van der Waals surface area (Å²) in [4.78, 5) is 27.1. The molecule has 31 heavy (non-hydrogen) atoms. The van der Waals surface area contributed by atoms with Crippen LogP contribution < -0.4 is 15.5 Å². The zero-order chi connectivity index (χ0) is 21.8. The first-order chi connectivity index (χ1) is 15.0. The molecule has 1 aliphatic heterocycles. The van der Waals surface area contributed by atoms with Gasteiger partial charge in [-0.1, -0.05) is 30.2 Å². The van der Waals surface area contributed by atoms with Crippen molar-refractivity contribution in [3.8, 4) is 12.3 Å². The van der Waals surface area contributed by atoms with Gasteiger partial charge in [0.25, 0.3) is 5.91 Å². The number of para-hydroxylation sites is 1. The van der Waals surface area contributed by atoms with Crippen molar-refractivity contribution in [1.82, 2.24) is 5.32 Å². The predicted molar refractivity (Wildman–Crippen MR) is 120 cm³/mol. The third-order valence-corrected chi connectivity index (χ3v) is 5.37. The Morgan fingerprint density at radius 3 is 2.87 bits per heavy atom. The van der Waals surface area contributed by atoms with Crippen LogP contribution in [0.4, 0.5) is 11.4 Å². The standard InChI is InChI=1S/C25H23N3O3/c1-3-18-7-6-9-20(14-18)27-24(29)15-26-25(30)21-11-12-31-23(21)16-28-17(2)13-19-8-4-5-10-22(19)28/h1,4-12,14,17H,13,15-16H2,2H3,(H,26,30)(H,27,29). The van der Waals surface area contributed by atoms with Crippen LogP contribution in [0, 0.1) is 12.3 Å². The van der Waals surface area contributed by atoms with Crippen molar-refractivity contribution in [2.75, 3.05) is 16.8 Å². The molecule has 1 atom stereocenters. The first kappa shape index (κ1) is 20.3. The molecule has 0 saturated heterocycles. The number of anilines is 2. The highest BCUT2D eigenvalue weighted by atomic mass is 16.3. The van der Waals surface area contributed by atoms with Crippen LogP contribution in [0.5, 0.6) is 0 Å². The lowest BCUT2D eigenvalue weighted by Crippen LogP contribution is -2.34. The van der Waals surface area contributed by atoms with E-state index in [0.717, 1.165) is 12.1 Å². The van der Waals surface area contributed by atoms with Crippen molar-refractivity contribution in [2.24, 2.45) is 0 Å². The van der Waals surface area contributed by atoms with Gasteiger partial charge in [0.2, 0.25) is 5.91 Å². The summed E-state index contributed by atoms with van der Waals surface area (Å²) in [6.07, 6.45) is 7.84. The zero-order valence-corrected chi connectivity index (χ0v) is 17.2. The zero-order valence-electron chi connectivity index (χ0n) is 17.2. The molecule has 4 rings (SSSR count). The fraction of sp³-hybridized carbons (Fsp3) is 0.200. The van der Waals surface area contributed by atoms with Gasteiger partial charge in [-0.2, -0.15) is 0 Å². The number of amides is 2. The van der Waals surface area contributed by atoms with Gasteiger partial charge in [0.05, 0.1) is 24.9 Å². The lowest BCUT2D eigenvalue weighted by Gasteiger charge is -2.24. The van der Waals surface area contributed by atoms with Gasteiger partial charge >= 0.3 is 0 Å². The molecule has 3 aromatic rings. The van der Waals surface area contributed by atoms with Gasteiger partial charge in [-0.25, -0.2) is 0 Å². The van der Waals surface area contributed by atoms with Gasteiger partial charge in [-0.3, -0.25) is 9.59 Å². The van der Waals surface area contributed by atoms with Gasteiger partial charge < -0.3 is 20.0 Å². The summed E-state index contributed by atoms with van der Waals surface area (Å²) in [7, 11) is 0. The van der Waals surface area contributed by atoms with E-state index in [0.29, 0.717) is 35.2 Å². The van der Waals surface area contributed by atoms with E-state index in [-0.39, 0.29) is 18.4 Å². The maximum Gasteiger partial charge on any atom is 0.255 e. The van der Waals surface area contributed by atoms with Crippen molar-refractivity contribution >= 4 is 23.2 Å². The van der Waals surface area contributed by atoms with Crippen molar-refractivity contribution in [3.05, 3.63) is 83.3 Å². The van der Waals surface area contributed by atoms with Crippen LogP contribution >= 0.6 is 0 Å². The molecule has 0 fully saturated rings. The van der Waals surface area contributed by atoms with Crippen LogP contribution in [0.15, 0.2) is 65.3 Å². The van der Waals surface area contributed by atoms with Crippen LogP contribution in [-0.2, 0) is 17.8 Å². The van der Waals surface area contributed by atoms with Crippen LogP contribution in [-0.4, -0.2) is 24.4 Å². The molecule has 0 spiro atoms. The van der Waals surface area contributed by atoms with E-state index in [9.17, 15) is 9.59 Å². The third-order valence-electron chi connectivity index (χ3n) is 5.37. The fourth-order valence-corrected chi connectivity index (χ4v) is 3.84. The third kappa shape index (κ3) is 4.46. The van der Waals surface area contributed by atoms with E-state index >= 15 is 0 Å². The summed E-state index contributed by atoms with van der Waals surface area (Å²) >= 11 is 0. The highest BCUT2D eigenvalue weighted by molar-refractivity contribution is 6.00. The number of nitrogens with zero attached hydrogens (tertiary/aromatic N) is 1. The Morgan fingerprint density at radius 1 is 1.19 bits per heavy atom. The largest absolute Gasteiger partial charge is 0.467 e. The number of benzene rings is 2. The van der Waals surface area contributed by atoms with Crippen molar-refractivity contribution in [2.45, 2.75) is 25.9 Å². The second-order valence-electron chi connectivity index (χ2n) is 7.52. The van der Waals surface area contributed by atoms with Gasteiger partial charge in [0.1, 0.15) is 5.76 Å². The molecular weight excluding hydrogens is 390 g/mol. The van der Waals surface area contributed by atoms with Gasteiger partial charge in [-0.05, 0) is 49.2 Å². The SMILES string of the molecule is C#Cc1cccc(NC(=O)CNC(=O)c2ccoc2CN2c3ccccc3CC2C)c1. The molecule has 1 aromatic heterocycles. The van der Waals surface area contributed by atoms with Crippen molar-refractivity contribution < 1.29 is 14.0 Å². The number of rotatable bonds is 6.